The number of aromatic nitrogens is 1. The number of carbonyl (C=O) groups excluding carboxylic acids is 2. The molecule has 2 aliphatic carbocycles. The molecule has 8 heteroatoms. The van der Waals surface area contributed by atoms with Gasteiger partial charge in [-0.1, -0.05) is 35.4 Å². The minimum atomic E-state index is -0.337. The van der Waals surface area contributed by atoms with Crippen LogP contribution in [0.1, 0.15) is 79.5 Å². The van der Waals surface area contributed by atoms with Crippen molar-refractivity contribution in [2.45, 2.75) is 78.0 Å². The van der Waals surface area contributed by atoms with Crippen molar-refractivity contribution in [1.29, 1.82) is 0 Å². The van der Waals surface area contributed by atoms with Crippen LogP contribution in [-0.4, -0.2) is 48.1 Å². The van der Waals surface area contributed by atoms with Gasteiger partial charge < -0.3 is 20.1 Å². The molecule has 2 aliphatic heterocycles. The third-order valence-corrected chi connectivity index (χ3v) is 9.94. The van der Waals surface area contributed by atoms with Crippen LogP contribution in [0.4, 0.5) is 10.6 Å². The number of nitrogens with zero attached hydrogens (tertiary/aromatic N) is 3. The molecule has 0 spiro atoms. The van der Waals surface area contributed by atoms with E-state index in [0.717, 1.165) is 96.7 Å². The van der Waals surface area contributed by atoms with E-state index in [9.17, 15) is 9.59 Å². The predicted octanol–water partition coefficient (Wildman–Crippen LogP) is 6.22. The Kier molecular flexibility index (Phi) is 8.21. The van der Waals surface area contributed by atoms with Crippen LogP contribution >= 0.6 is 0 Å². The number of rotatable bonds is 8. The van der Waals surface area contributed by atoms with Crippen molar-refractivity contribution in [1.82, 2.24) is 9.88 Å². The highest BCUT2D eigenvalue weighted by atomic mass is 16.6. The minimum Gasteiger partial charge on any atom is -0.496 e. The molecule has 3 atom stereocenters. The Bertz CT molecular complexity index is 1430. The zero-order chi connectivity index (χ0) is 30.2. The Hall–Kier alpha value is -3.81. The second-order valence-electron chi connectivity index (χ2n) is 12.9. The Labute approximate surface area is 254 Å². The maximum atomic E-state index is 13.4. The third-order valence-electron chi connectivity index (χ3n) is 9.94. The number of cyclic esters (lactones) is 1. The number of aryl methyl sites for hydroxylation is 2. The number of primary amides is 1. The van der Waals surface area contributed by atoms with Crippen molar-refractivity contribution >= 4 is 23.4 Å². The maximum absolute atomic E-state index is 13.4. The molecular formula is C35H44N4O4. The van der Waals surface area contributed by atoms with Gasteiger partial charge in [0.25, 0.3) is 0 Å². The van der Waals surface area contributed by atoms with Gasteiger partial charge in [0.2, 0.25) is 5.91 Å². The van der Waals surface area contributed by atoms with E-state index in [4.69, 9.17) is 20.2 Å². The molecule has 2 N–H and O–H groups in total. The van der Waals surface area contributed by atoms with E-state index in [-0.39, 0.29) is 30.1 Å². The molecule has 3 heterocycles. The van der Waals surface area contributed by atoms with Crippen LogP contribution in [0.5, 0.6) is 0 Å². The summed E-state index contributed by atoms with van der Waals surface area (Å²) < 4.78 is 11.9. The molecule has 3 fully saturated rings. The summed E-state index contributed by atoms with van der Waals surface area (Å²) in [6.45, 7) is 8.53. The van der Waals surface area contributed by atoms with Crippen molar-refractivity contribution in [3.8, 4) is 0 Å². The average molecular weight is 585 g/mol. The molecule has 2 amide bonds. The van der Waals surface area contributed by atoms with Crippen molar-refractivity contribution in [3.05, 3.63) is 76.2 Å². The number of benzene rings is 1. The van der Waals surface area contributed by atoms with Gasteiger partial charge in [-0.2, -0.15) is 0 Å². The molecule has 1 aromatic carbocycles. The molecule has 1 saturated carbocycles. The summed E-state index contributed by atoms with van der Waals surface area (Å²) >= 11 is 0. The molecule has 0 radical (unpaired) electrons. The summed E-state index contributed by atoms with van der Waals surface area (Å²) in [6, 6.07) is 10.4. The van der Waals surface area contributed by atoms with Crippen molar-refractivity contribution in [2.24, 2.45) is 23.5 Å². The molecule has 1 unspecified atom stereocenters. The fraction of sp³-hybridized carbons (Fsp3) is 0.514. The van der Waals surface area contributed by atoms with E-state index in [2.05, 4.69) is 68.2 Å². The predicted molar refractivity (Wildman–Crippen MR) is 167 cm³/mol. The number of hydrogen-bond donors (Lipinski definition) is 1. The monoisotopic (exact) mass is 584 g/mol. The second-order valence-corrected chi connectivity index (χ2v) is 12.9. The lowest BCUT2D eigenvalue weighted by atomic mass is 9.72. The van der Waals surface area contributed by atoms with E-state index in [1.807, 2.05) is 4.90 Å². The van der Waals surface area contributed by atoms with Crippen molar-refractivity contribution in [3.63, 3.8) is 0 Å². The fourth-order valence-electron chi connectivity index (χ4n) is 7.37. The van der Waals surface area contributed by atoms with Crippen LogP contribution in [0, 0.1) is 31.6 Å². The zero-order valence-electron chi connectivity index (χ0n) is 25.8. The first-order valence-corrected chi connectivity index (χ1v) is 15.8. The first-order chi connectivity index (χ1) is 20.7. The number of carbonyl (C=O) groups is 2. The summed E-state index contributed by atoms with van der Waals surface area (Å²) in [4.78, 5) is 34.4. The molecule has 1 aromatic heterocycles. The second kappa shape index (κ2) is 12.1. The number of nitrogens with two attached hydrogens (primary N) is 1. The van der Waals surface area contributed by atoms with E-state index in [1.165, 1.54) is 0 Å². The smallest absolute Gasteiger partial charge is 0.411 e. The van der Waals surface area contributed by atoms with Gasteiger partial charge in [-0.15, -0.1) is 0 Å². The largest absolute Gasteiger partial charge is 0.496 e. The molecule has 6 rings (SSSR count). The number of pyridine rings is 1. The SMILES string of the molecule is COC1=CCC(C2CCC(C(N)=O)CC2)C=C1c1ccc(N2CCC2)nc1CN1C(=O)O[C@H](c2cc(C)cc(C)c2)[C@@H]1C. The molecular weight excluding hydrogens is 540 g/mol. The first kappa shape index (κ1) is 29.3. The van der Waals surface area contributed by atoms with Crippen LogP contribution in [0.3, 0.4) is 0 Å². The Balaban J connectivity index is 1.31. The lowest BCUT2D eigenvalue weighted by Gasteiger charge is -2.34. The van der Waals surface area contributed by atoms with Gasteiger partial charge in [0.1, 0.15) is 17.7 Å². The lowest BCUT2D eigenvalue weighted by Crippen LogP contribution is -2.38. The highest BCUT2D eigenvalue weighted by Gasteiger charge is 2.41. The van der Waals surface area contributed by atoms with Crippen molar-refractivity contribution < 1.29 is 19.1 Å². The van der Waals surface area contributed by atoms with Gasteiger partial charge in [-0.25, -0.2) is 9.78 Å². The highest BCUT2D eigenvalue weighted by Crippen LogP contribution is 2.42. The molecule has 43 heavy (non-hydrogen) atoms. The van der Waals surface area contributed by atoms with Gasteiger partial charge in [0, 0.05) is 30.1 Å². The van der Waals surface area contributed by atoms with Crippen LogP contribution in [0.15, 0.2) is 48.2 Å². The molecule has 0 bridgehead atoms. The standard InChI is InChI=1S/C35H44N4O4/c1-21-16-22(2)18-27(17-21)33-23(3)39(35(41)43-33)20-30-28(11-13-32(37-30)38-14-5-15-38)29-19-26(10-12-31(29)42-4)24-6-8-25(9-7-24)34(36)40/h11-13,16-19,23-26,33H,5-10,14-15,20H2,1-4H3,(H2,36,40)/t23-,24?,25?,26?,33-/m0/s1. The van der Waals surface area contributed by atoms with Gasteiger partial charge in [0.15, 0.2) is 0 Å². The van der Waals surface area contributed by atoms with E-state index < -0.39 is 0 Å². The summed E-state index contributed by atoms with van der Waals surface area (Å²) in [5.74, 6) is 2.43. The van der Waals surface area contributed by atoms with Gasteiger partial charge in [0.05, 0.1) is 25.4 Å². The topological polar surface area (TPSA) is 98.0 Å². The van der Waals surface area contributed by atoms with E-state index in [1.54, 1.807) is 7.11 Å². The third kappa shape index (κ3) is 5.89. The normalized spacial score (nSPS) is 27.3. The Morgan fingerprint density at radius 3 is 2.44 bits per heavy atom. The van der Waals surface area contributed by atoms with Crippen LogP contribution in [-0.2, 0) is 20.8 Å². The lowest BCUT2D eigenvalue weighted by molar-refractivity contribution is -0.123. The quantitative estimate of drug-likeness (QED) is 0.396. The van der Waals surface area contributed by atoms with Gasteiger partial charge in [-0.05, 0) is 94.9 Å². The van der Waals surface area contributed by atoms with Crippen LogP contribution in [0.25, 0.3) is 5.57 Å². The number of methoxy groups -OCH3 is 1. The number of ether oxygens (including phenoxy) is 2. The Morgan fingerprint density at radius 2 is 1.81 bits per heavy atom. The average Bonchev–Trinajstić information content (AvgIpc) is 3.24. The summed E-state index contributed by atoms with van der Waals surface area (Å²) in [5, 5.41) is 0. The number of hydrogen-bond acceptors (Lipinski definition) is 6. The van der Waals surface area contributed by atoms with Gasteiger partial charge >= 0.3 is 6.09 Å². The number of anilines is 1. The summed E-state index contributed by atoms with van der Waals surface area (Å²) in [6.07, 6.45) is 9.65. The molecule has 8 nitrogen and oxygen atoms in total. The molecule has 2 saturated heterocycles. The van der Waals surface area contributed by atoms with Crippen LogP contribution < -0.4 is 10.6 Å². The first-order valence-electron chi connectivity index (χ1n) is 15.8. The van der Waals surface area contributed by atoms with Gasteiger partial charge in [-0.3, -0.25) is 9.69 Å². The maximum Gasteiger partial charge on any atom is 0.411 e. The van der Waals surface area contributed by atoms with Crippen molar-refractivity contribution in [2.75, 3.05) is 25.1 Å². The molecule has 4 aliphatic rings. The highest BCUT2D eigenvalue weighted by molar-refractivity contribution is 5.81. The Morgan fingerprint density at radius 1 is 1.09 bits per heavy atom. The summed E-state index contributed by atoms with van der Waals surface area (Å²) in [7, 11) is 1.72. The van der Waals surface area contributed by atoms with E-state index in [0.29, 0.717) is 18.4 Å². The summed E-state index contributed by atoms with van der Waals surface area (Å²) in [5.41, 5.74) is 11.8. The molecule has 228 valence electrons. The minimum absolute atomic E-state index is 0.00651. The fourth-order valence-corrected chi connectivity index (χ4v) is 7.37. The number of amides is 2. The molecule has 2 aromatic rings. The number of allylic oxidation sites excluding steroid dienone is 3. The van der Waals surface area contributed by atoms with E-state index >= 15 is 0 Å². The zero-order valence-corrected chi connectivity index (χ0v) is 25.8. The van der Waals surface area contributed by atoms with Crippen LogP contribution in [0.2, 0.25) is 0 Å².